The molecule has 0 saturated carbocycles. The number of rotatable bonds is 11. The zero-order valence-electron chi connectivity index (χ0n) is 17.7. The average Bonchev–Trinajstić information content (AvgIpc) is 2.74. The second-order valence-electron chi connectivity index (χ2n) is 7.41. The van der Waals surface area contributed by atoms with Crippen LogP contribution in [0.5, 0.6) is 5.75 Å². The Morgan fingerprint density at radius 3 is 2.47 bits per heavy atom. The number of aliphatic hydroxyl groups is 1. The monoisotopic (exact) mass is 445 g/mol. The van der Waals surface area contributed by atoms with Gasteiger partial charge in [-0.15, -0.1) is 0 Å². The molecule has 0 heterocycles. The number of carboxylic acids is 1. The van der Waals surface area contributed by atoms with Gasteiger partial charge in [0.2, 0.25) is 0 Å². The van der Waals surface area contributed by atoms with Crippen LogP contribution in [-0.4, -0.2) is 74.5 Å². The molecule has 0 aromatic heterocycles. The predicted octanol–water partition coefficient (Wildman–Crippen LogP) is -0.457. The zero-order chi connectivity index (χ0) is 23.8. The summed E-state index contributed by atoms with van der Waals surface area (Å²) in [5.74, 6) is -3.61. The van der Waals surface area contributed by atoms with Gasteiger partial charge in [0, 0.05) is 25.2 Å². The van der Waals surface area contributed by atoms with E-state index in [0.29, 0.717) is 19.6 Å². The third-order valence-electron chi connectivity index (χ3n) is 4.99. The van der Waals surface area contributed by atoms with Gasteiger partial charge in [-0.3, -0.25) is 9.69 Å². The van der Waals surface area contributed by atoms with E-state index in [4.69, 9.17) is 10.8 Å². The molecule has 8 N–H and O–H groups in total. The number of aliphatic hydroxyl groups excluding tert-OH is 1. The van der Waals surface area contributed by atoms with Gasteiger partial charge >= 0.3 is 13.1 Å². The van der Waals surface area contributed by atoms with Crippen molar-refractivity contribution in [3.8, 4) is 5.75 Å². The molecule has 2 unspecified atom stereocenters. The van der Waals surface area contributed by atoms with Crippen molar-refractivity contribution in [2.45, 2.75) is 32.1 Å². The highest BCUT2D eigenvalue weighted by molar-refractivity contribution is 6.43. The molecule has 0 spiro atoms. The van der Waals surface area contributed by atoms with E-state index in [0.717, 1.165) is 5.56 Å². The number of aromatic carboxylic acids is 1. The van der Waals surface area contributed by atoms with Crippen LogP contribution in [0.25, 0.3) is 0 Å². The van der Waals surface area contributed by atoms with Gasteiger partial charge in [-0.1, -0.05) is 24.3 Å². The smallest absolute Gasteiger partial charge is 0.475 e. The Balaban J connectivity index is 2.17. The first kappa shape index (κ1) is 25.3. The lowest BCUT2D eigenvalue weighted by molar-refractivity contribution is 0.0149. The Hall–Kier alpha value is -2.96. The largest absolute Gasteiger partial charge is 0.507 e. The Bertz CT molecular complexity index is 939. The Morgan fingerprint density at radius 2 is 1.88 bits per heavy atom. The lowest BCUT2D eigenvalue weighted by Crippen LogP contribution is -2.48. The third-order valence-corrected chi connectivity index (χ3v) is 4.99. The number of nitrogens with two attached hydrogens (primary N) is 1. The minimum absolute atomic E-state index is 0.145. The van der Waals surface area contributed by atoms with E-state index in [2.05, 4.69) is 5.32 Å². The Labute approximate surface area is 186 Å². The maximum atomic E-state index is 12.7. The van der Waals surface area contributed by atoms with Gasteiger partial charge in [-0.25, -0.2) is 4.79 Å². The first-order valence-corrected chi connectivity index (χ1v) is 10.1. The summed E-state index contributed by atoms with van der Waals surface area (Å²) < 4.78 is 0. The van der Waals surface area contributed by atoms with Crippen LogP contribution in [-0.2, 0) is 13.0 Å². The highest BCUT2D eigenvalue weighted by atomic mass is 16.4. The molecule has 0 radical (unpaired) electrons. The van der Waals surface area contributed by atoms with Gasteiger partial charge in [0.05, 0.1) is 5.94 Å². The Kier molecular flexibility index (Phi) is 9.18. The molecule has 2 aromatic carbocycles. The fourth-order valence-electron chi connectivity index (χ4n) is 3.26. The highest BCUT2D eigenvalue weighted by Crippen LogP contribution is 2.24. The van der Waals surface area contributed by atoms with Crippen LogP contribution in [0.1, 0.15) is 38.8 Å². The molecule has 0 fully saturated rings. The number of hydrogen-bond donors (Lipinski definition) is 7. The van der Waals surface area contributed by atoms with Crippen molar-refractivity contribution in [1.29, 1.82) is 0 Å². The molecule has 172 valence electrons. The molecule has 1 amide bonds. The summed E-state index contributed by atoms with van der Waals surface area (Å²) >= 11 is 0. The molecule has 2 atom stereocenters. The van der Waals surface area contributed by atoms with Gasteiger partial charge in [-0.2, -0.15) is 0 Å². The number of carbonyl (C=O) groups excluding carboxylic acids is 1. The van der Waals surface area contributed by atoms with Crippen LogP contribution >= 0.6 is 0 Å². The van der Waals surface area contributed by atoms with Gasteiger partial charge in [-0.05, 0) is 42.7 Å². The second-order valence-corrected chi connectivity index (χ2v) is 7.41. The number of carbonyl (C=O) groups is 2. The molecule has 11 heteroatoms. The number of nitrogens with zero attached hydrogens (tertiary/aromatic N) is 1. The first-order chi connectivity index (χ1) is 15.1. The summed E-state index contributed by atoms with van der Waals surface area (Å²) in [4.78, 5) is 25.7. The van der Waals surface area contributed by atoms with E-state index in [1.54, 1.807) is 36.1 Å². The number of phenols is 1. The number of nitrogens with one attached hydrogen (secondary N) is 1. The van der Waals surface area contributed by atoms with Crippen LogP contribution in [0.2, 0.25) is 0 Å². The number of para-hydroxylation sites is 1. The van der Waals surface area contributed by atoms with Gasteiger partial charge in [0.25, 0.3) is 5.91 Å². The van der Waals surface area contributed by atoms with Crippen LogP contribution < -0.4 is 11.1 Å². The molecule has 0 saturated heterocycles. The summed E-state index contributed by atoms with van der Waals surface area (Å²) in [6.07, 6.45) is -0.929. The fraction of sp³-hybridized carbons (Fsp3) is 0.333. The Morgan fingerprint density at radius 1 is 1.19 bits per heavy atom. The highest BCUT2D eigenvalue weighted by Gasteiger charge is 2.28. The number of aromatic hydroxyl groups is 1. The molecule has 2 aromatic rings. The molecule has 0 aliphatic carbocycles. The normalized spacial score (nSPS) is 12.9. The standard InChI is InChI=1S/C21H28BN3O7/c1-13(26)25(9-8-23)12-14-4-2-6-16(10-14)20(28)24-18(22(31)32)11-15-5-3-7-17(19(15)27)21(29)30/h2-7,10,13,18,26-27,31-32H,8-9,11-12,23H2,1H3,(H,24,28)(H,29,30). The minimum atomic E-state index is -1.95. The fourth-order valence-corrected chi connectivity index (χ4v) is 3.26. The van der Waals surface area contributed by atoms with Gasteiger partial charge in [0.1, 0.15) is 17.5 Å². The van der Waals surface area contributed by atoms with Crippen molar-refractivity contribution in [3.05, 3.63) is 64.7 Å². The number of benzene rings is 2. The lowest BCUT2D eigenvalue weighted by atomic mass is 9.75. The van der Waals surface area contributed by atoms with Gasteiger partial charge < -0.3 is 36.4 Å². The van der Waals surface area contributed by atoms with E-state index in [9.17, 15) is 29.9 Å². The lowest BCUT2D eigenvalue weighted by Gasteiger charge is -2.25. The van der Waals surface area contributed by atoms with Crippen molar-refractivity contribution in [3.63, 3.8) is 0 Å². The predicted molar refractivity (Wildman–Crippen MR) is 118 cm³/mol. The number of carboxylic acid groups (broad SMARTS) is 1. The maximum absolute atomic E-state index is 12.7. The molecular weight excluding hydrogens is 417 g/mol. The van der Waals surface area contributed by atoms with E-state index >= 15 is 0 Å². The summed E-state index contributed by atoms with van der Waals surface area (Å²) in [5.41, 5.74) is 6.40. The zero-order valence-corrected chi connectivity index (χ0v) is 17.7. The van der Waals surface area contributed by atoms with Crippen LogP contribution in [0.15, 0.2) is 42.5 Å². The molecule has 0 aliphatic rings. The van der Waals surface area contributed by atoms with Crippen molar-refractivity contribution < 1.29 is 35.0 Å². The molecular formula is C21H28BN3O7. The third kappa shape index (κ3) is 6.77. The number of amides is 1. The van der Waals surface area contributed by atoms with Crippen molar-refractivity contribution in [2.75, 3.05) is 13.1 Å². The quantitative estimate of drug-likeness (QED) is 0.178. The maximum Gasteiger partial charge on any atom is 0.475 e. The van der Waals surface area contributed by atoms with E-state index in [1.165, 1.54) is 18.2 Å². The molecule has 0 aliphatic heterocycles. The molecule has 32 heavy (non-hydrogen) atoms. The second kappa shape index (κ2) is 11.6. The van der Waals surface area contributed by atoms with Crippen molar-refractivity contribution in [2.24, 2.45) is 5.73 Å². The van der Waals surface area contributed by atoms with E-state index < -0.39 is 36.9 Å². The topological polar surface area (TPSA) is 177 Å². The van der Waals surface area contributed by atoms with Crippen LogP contribution in [0.4, 0.5) is 0 Å². The average molecular weight is 445 g/mol. The summed E-state index contributed by atoms with van der Waals surface area (Å²) in [6.45, 7) is 2.80. The van der Waals surface area contributed by atoms with Crippen molar-refractivity contribution in [1.82, 2.24) is 10.2 Å². The molecule has 2 rings (SSSR count). The van der Waals surface area contributed by atoms with Gasteiger partial charge in [0.15, 0.2) is 0 Å². The minimum Gasteiger partial charge on any atom is -0.507 e. The summed E-state index contributed by atoms with van der Waals surface area (Å²) in [7, 11) is -1.95. The SMILES string of the molecule is CC(O)N(CCN)Cc1cccc(C(=O)NC(Cc2cccc(C(=O)O)c2O)B(O)O)c1. The van der Waals surface area contributed by atoms with E-state index in [-0.39, 0.29) is 23.1 Å². The number of hydrogen-bond acceptors (Lipinski definition) is 8. The molecule has 0 bridgehead atoms. The van der Waals surface area contributed by atoms with Crippen LogP contribution in [0, 0.1) is 0 Å². The van der Waals surface area contributed by atoms with E-state index in [1.807, 2.05) is 0 Å². The summed E-state index contributed by atoms with van der Waals surface area (Å²) in [5, 5.41) is 51.1. The van der Waals surface area contributed by atoms with Crippen LogP contribution in [0.3, 0.4) is 0 Å². The summed E-state index contributed by atoms with van der Waals surface area (Å²) in [6, 6.07) is 10.7. The first-order valence-electron chi connectivity index (χ1n) is 10.1. The van der Waals surface area contributed by atoms with Crippen molar-refractivity contribution >= 4 is 19.0 Å². The molecule has 10 nitrogen and oxygen atoms in total.